The molecular weight excluding hydrogens is 342 g/mol. The topological polar surface area (TPSA) is 81.6 Å². The summed E-state index contributed by atoms with van der Waals surface area (Å²) in [7, 11) is 1.92. The molecule has 0 fully saturated rings. The van der Waals surface area contributed by atoms with Crippen LogP contribution in [0.2, 0.25) is 0 Å². The maximum atomic E-state index is 10.9. The number of oxazole rings is 1. The zero-order valence-electron chi connectivity index (χ0n) is 15.5. The molecule has 6 nitrogen and oxygen atoms in total. The minimum atomic E-state index is -0.311. The van der Waals surface area contributed by atoms with Crippen molar-refractivity contribution in [3.05, 3.63) is 66.1 Å². The Morgan fingerprint density at radius 1 is 1.15 bits per heavy atom. The second-order valence-corrected chi connectivity index (χ2v) is 6.42. The molecule has 0 aliphatic heterocycles. The number of nitrogens with zero attached hydrogens (tertiary/aromatic N) is 2. The zero-order chi connectivity index (χ0) is 19.2. The Balaban J connectivity index is 1.73. The highest BCUT2D eigenvalue weighted by molar-refractivity contribution is 5.73. The van der Waals surface area contributed by atoms with E-state index in [1.165, 1.54) is 0 Å². The Morgan fingerprint density at radius 3 is 2.63 bits per heavy atom. The van der Waals surface area contributed by atoms with E-state index in [2.05, 4.69) is 4.98 Å². The molecule has 0 spiro atoms. The van der Waals surface area contributed by atoms with Crippen LogP contribution in [0.5, 0.6) is 11.5 Å². The maximum Gasteiger partial charge on any atom is 0.226 e. The molecule has 1 amide bonds. The van der Waals surface area contributed by atoms with Crippen LogP contribution < -0.4 is 10.5 Å². The van der Waals surface area contributed by atoms with Crippen molar-refractivity contribution in [2.24, 2.45) is 5.73 Å². The number of primary amides is 1. The number of hydrogen-bond acceptors (Lipinski definition) is 5. The average molecular weight is 365 g/mol. The highest BCUT2D eigenvalue weighted by Crippen LogP contribution is 2.28. The molecule has 2 N–H and O–H groups in total. The third kappa shape index (κ3) is 5.18. The van der Waals surface area contributed by atoms with Gasteiger partial charge in [0, 0.05) is 25.1 Å². The summed E-state index contributed by atoms with van der Waals surface area (Å²) in [5.74, 6) is 2.48. The van der Waals surface area contributed by atoms with E-state index in [9.17, 15) is 4.79 Å². The first-order chi connectivity index (χ1) is 13.0. The van der Waals surface area contributed by atoms with Gasteiger partial charge < -0.3 is 14.9 Å². The van der Waals surface area contributed by atoms with Gasteiger partial charge in [-0.1, -0.05) is 24.3 Å². The van der Waals surface area contributed by atoms with Gasteiger partial charge in [-0.3, -0.25) is 9.69 Å². The summed E-state index contributed by atoms with van der Waals surface area (Å²) in [6, 6.07) is 17.2. The summed E-state index contributed by atoms with van der Waals surface area (Å²) in [4.78, 5) is 17.5. The number of benzene rings is 2. The van der Waals surface area contributed by atoms with Crippen molar-refractivity contribution >= 4 is 5.91 Å². The van der Waals surface area contributed by atoms with E-state index in [1.54, 1.807) is 0 Å². The Bertz CT molecular complexity index is 906. The van der Waals surface area contributed by atoms with Crippen LogP contribution in [0, 0.1) is 6.92 Å². The van der Waals surface area contributed by atoms with Crippen molar-refractivity contribution in [1.82, 2.24) is 9.88 Å². The molecule has 6 heteroatoms. The number of carbonyl (C=O) groups is 1. The molecule has 0 saturated carbocycles. The van der Waals surface area contributed by atoms with Gasteiger partial charge >= 0.3 is 0 Å². The molecule has 0 radical (unpaired) electrons. The van der Waals surface area contributed by atoms with Crippen LogP contribution in [0.25, 0.3) is 11.5 Å². The van der Waals surface area contributed by atoms with Crippen LogP contribution in [0.4, 0.5) is 0 Å². The quantitative estimate of drug-likeness (QED) is 0.657. The van der Waals surface area contributed by atoms with Crippen LogP contribution in [-0.4, -0.2) is 29.4 Å². The van der Waals surface area contributed by atoms with Gasteiger partial charge in [0.1, 0.15) is 17.3 Å². The molecule has 1 heterocycles. The van der Waals surface area contributed by atoms with Crippen molar-refractivity contribution in [3.63, 3.8) is 0 Å². The van der Waals surface area contributed by atoms with Crippen LogP contribution in [0.3, 0.4) is 0 Å². The fraction of sp³-hybridized carbons (Fsp3) is 0.238. The zero-order valence-corrected chi connectivity index (χ0v) is 15.5. The minimum absolute atomic E-state index is 0.311. The lowest BCUT2D eigenvalue weighted by Crippen LogP contribution is -2.24. The number of carbonyl (C=O) groups excluding carboxylic acids is 1. The fourth-order valence-electron chi connectivity index (χ4n) is 2.65. The number of ether oxygens (including phenoxy) is 1. The molecule has 1 aromatic heterocycles. The molecule has 0 unspecified atom stereocenters. The molecule has 0 saturated heterocycles. The molecule has 3 aromatic rings. The predicted molar refractivity (Wildman–Crippen MR) is 103 cm³/mol. The van der Waals surface area contributed by atoms with Gasteiger partial charge in [-0.05, 0) is 44.3 Å². The number of amides is 1. The van der Waals surface area contributed by atoms with Crippen molar-refractivity contribution < 1.29 is 13.9 Å². The monoisotopic (exact) mass is 365 g/mol. The Hall–Kier alpha value is -3.12. The Morgan fingerprint density at radius 2 is 1.89 bits per heavy atom. The van der Waals surface area contributed by atoms with E-state index in [0.717, 1.165) is 28.5 Å². The minimum Gasteiger partial charge on any atom is -0.457 e. The van der Waals surface area contributed by atoms with Gasteiger partial charge in [0.2, 0.25) is 11.8 Å². The Labute approximate surface area is 158 Å². The predicted octanol–water partition coefficient (Wildman–Crippen LogP) is 3.75. The normalized spacial score (nSPS) is 10.9. The lowest BCUT2D eigenvalue weighted by atomic mass is 10.2. The summed E-state index contributed by atoms with van der Waals surface area (Å²) >= 11 is 0. The van der Waals surface area contributed by atoms with E-state index >= 15 is 0 Å². The molecule has 140 valence electrons. The number of para-hydroxylation sites is 1. The summed E-state index contributed by atoms with van der Waals surface area (Å²) in [6.45, 7) is 3.05. The van der Waals surface area contributed by atoms with Crippen LogP contribution >= 0.6 is 0 Å². The number of rotatable bonds is 8. The van der Waals surface area contributed by atoms with Crippen molar-refractivity contribution in [3.8, 4) is 23.0 Å². The van der Waals surface area contributed by atoms with Crippen molar-refractivity contribution in [1.29, 1.82) is 0 Å². The van der Waals surface area contributed by atoms with E-state index < -0.39 is 0 Å². The summed E-state index contributed by atoms with van der Waals surface area (Å²) < 4.78 is 11.7. The van der Waals surface area contributed by atoms with Gasteiger partial charge in [-0.2, -0.15) is 0 Å². The third-order valence-corrected chi connectivity index (χ3v) is 4.11. The van der Waals surface area contributed by atoms with Crippen LogP contribution in [0.15, 0.2) is 59.0 Å². The molecule has 0 aliphatic carbocycles. The average Bonchev–Trinajstić information content (AvgIpc) is 3.02. The molecule has 27 heavy (non-hydrogen) atoms. The highest BCUT2D eigenvalue weighted by Gasteiger charge is 2.14. The number of aryl methyl sites for hydroxylation is 1. The lowest BCUT2D eigenvalue weighted by Gasteiger charge is -2.13. The van der Waals surface area contributed by atoms with Gasteiger partial charge in [0.25, 0.3) is 0 Å². The fourth-order valence-corrected chi connectivity index (χ4v) is 2.65. The highest BCUT2D eigenvalue weighted by atomic mass is 16.5. The first kappa shape index (κ1) is 18.7. The van der Waals surface area contributed by atoms with Gasteiger partial charge in [-0.15, -0.1) is 0 Å². The first-order valence-electron chi connectivity index (χ1n) is 8.78. The van der Waals surface area contributed by atoms with E-state index in [4.69, 9.17) is 14.9 Å². The van der Waals surface area contributed by atoms with E-state index in [1.807, 2.05) is 73.5 Å². The SMILES string of the molecule is Cc1oc(-c2cccc(Oc3ccccc3)c2)nc1CN(C)CCC(N)=O. The third-order valence-electron chi connectivity index (χ3n) is 4.11. The molecule has 2 aromatic carbocycles. The Kier molecular flexibility index (Phi) is 5.88. The molecule has 3 rings (SSSR count). The second kappa shape index (κ2) is 8.51. The van der Waals surface area contributed by atoms with Gasteiger partial charge in [-0.25, -0.2) is 4.98 Å². The standard InChI is InChI=1S/C21H23N3O3/c1-15-19(14-24(2)12-11-20(22)25)23-21(26-15)16-7-6-10-18(13-16)27-17-8-4-3-5-9-17/h3-10,13H,11-12,14H2,1-2H3,(H2,22,25). The number of nitrogens with two attached hydrogens (primary N) is 1. The smallest absolute Gasteiger partial charge is 0.226 e. The molecule has 0 aliphatic rings. The number of aromatic nitrogens is 1. The van der Waals surface area contributed by atoms with E-state index in [0.29, 0.717) is 25.4 Å². The van der Waals surface area contributed by atoms with Crippen LogP contribution in [-0.2, 0) is 11.3 Å². The first-order valence-corrected chi connectivity index (χ1v) is 8.78. The lowest BCUT2D eigenvalue weighted by molar-refractivity contribution is -0.118. The van der Waals surface area contributed by atoms with Crippen molar-refractivity contribution in [2.75, 3.05) is 13.6 Å². The second-order valence-electron chi connectivity index (χ2n) is 6.42. The van der Waals surface area contributed by atoms with Crippen molar-refractivity contribution in [2.45, 2.75) is 19.9 Å². The van der Waals surface area contributed by atoms with Crippen LogP contribution in [0.1, 0.15) is 17.9 Å². The summed E-state index contributed by atoms with van der Waals surface area (Å²) in [5, 5.41) is 0. The number of hydrogen-bond donors (Lipinski definition) is 1. The molecule has 0 bridgehead atoms. The summed E-state index contributed by atoms with van der Waals surface area (Å²) in [6.07, 6.45) is 0.319. The van der Waals surface area contributed by atoms with Gasteiger partial charge in [0.05, 0.1) is 5.69 Å². The van der Waals surface area contributed by atoms with Gasteiger partial charge in [0.15, 0.2) is 0 Å². The van der Waals surface area contributed by atoms with E-state index in [-0.39, 0.29) is 5.91 Å². The summed E-state index contributed by atoms with van der Waals surface area (Å²) in [5.41, 5.74) is 6.89. The largest absolute Gasteiger partial charge is 0.457 e. The molecule has 0 atom stereocenters. The molecular formula is C21H23N3O3. The maximum absolute atomic E-state index is 10.9.